The minimum atomic E-state index is -0.626. The minimum absolute atomic E-state index is 0.0417. The Morgan fingerprint density at radius 2 is 2.00 bits per heavy atom. The number of methoxy groups -OCH3 is 1. The molecule has 0 saturated carbocycles. The summed E-state index contributed by atoms with van der Waals surface area (Å²) in [6.45, 7) is 11.2. The molecule has 0 aliphatic carbocycles. The Hall–Kier alpha value is -3.14. The number of primary amides is 1. The van der Waals surface area contributed by atoms with Crippen LogP contribution in [0.2, 0.25) is 0 Å². The number of carbonyl (C=O) groups is 3. The molecule has 2 unspecified atom stereocenters. The Morgan fingerprint density at radius 3 is 2.50 bits per heavy atom. The molecule has 3 rings (SSSR count). The van der Waals surface area contributed by atoms with Crippen LogP contribution >= 0.6 is 0 Å². The summed E-state index contributed by atoms with van der Waals surface area (Å²) in [6.07, 6.45) is 3.72. The van der Waals surface area contributed by atoms with Gasteiger partial charge in [-0.25, -0.2) is 9.31 Å². The number of likely N-dealkylation sites (tertiary alicyclic amines) is 1. The Bertz CT molecular complexity index is 966. The Labute approximate surface area is 188 Å². The number of hydrogen-bond donors (Lipinski definition) is 2. The number of rotatable bonds is 6. The predicted octanol–water partition coefficient (Wildman–Crippen LogP) is 1.93. The number of hydrogen-bond acceptors (Lipinski definition) is 7. The van der Waals surface area contributed by atoms with Crippen LogP contribution in [0.3, 0.4) is 0 Å². The van der Waals surface area contributed by atoms with Crippen LogP contribution in [0.5, 0.6) is 0 Å². The number of carbonyl (C=O) groups excluding carboxylic acids is 3. The van der Waals surface area contributed by atoms with Gasteiger partial charge in [-0.2, -0.15) is 5.10 Å². The van der Waals surface area contributed by atoms with E-state index in [0.717, 1.165) is 6.41 Å². The zero-order valence-corrected chi connectivity index (χ0v) is 19.5. The maximum Gasteiger partial charge on any atom is 0.339 e. The molecule has 0 aromatic carbocycles. The summed E-state index contributed by atoms with van der Waals surface area (Å²) >= 11 is 0. The first-order chi connectivity index (χ1) is 15.0. The van der Waals surface area contributed by atoms with Crippen LogP contribution in [-0.2, 0) is 14.3 Å². The third kappa shape index (κ3) is 6.19. The number of nitrogens with two attached hydrogens (primary N) is 1. The molecule has 2 aromatic heterocycles. The summed E-state index contributed by atoms with van der Waals surface area (Å²) in [5.41, 5.74) is 7.13. The van der Waals surface area contributed by atoms with Crippen molar-refractivity contribution in [2.24, 2.45) is 11.7 Å². The summed E-state index contributed by atoms with van der Waals surface area (Å²) in [4.78, 5) is 36.6. The first kappa shape index (κ1) is 25.1. The Balaban J connectivity index is 0.000000534. The molecule has 3 heterocycles. The van der Waals surface area contributed by atoms with Gasteiger partial charge in [0.25, 0.3) is 5.91 Å². The highest BCUT2D eigenvalue weighted by Gasteiger charge is 2.30. The lowest BCUT2D eigenvalue weighted by atomic mass is 10.1. The van der Waals surface area contributed by atoms with Crippen LogP contribution in [0.4, 0.5) is 5.69 Å². The molecule has 32 heavy (non-hydrogen) atoms. The number of ether oxygens (including phenoxy) is 2. The molecule has 1 aliphatic heterocycles. The van der Waals surface area contributed by atoms with E-state index in [4.69, 9.17) is 15.2 Å². The van der Waals surface area contributed by atoms with Crippen LogP contribution in [-0.4, -0.2) is 71.2 Å². The standard InChI is InChI=1S/C17H21N5O4.C5H12O/c1-3-26-17(25)11-4-14-15(12(16(18)24)5-19-22(14)7-11)20-13-8-21(9-23)6-10(13)2;1-5(2,3)6-4/h4-5,7,9-10,13,20H,3,6,8H2,1-2H3,(H2,18,24);1-4H3. The summed E-state index contributed by atoms with van der Waals surface area (Å²) in [6, 6.07) is 1.56. The summed E-state index contributed by atoms with van der Waals surface area (Å²) < 4.78 is 11.5. The highest BCUT2D eigenvalue weighted by Crippen LogP contribution is 2.27. The van der Waals surface area contributed by atoms with E-state index in [1.165, 1.54) is 10.7 Å². The molecule has 1 saturated heterocycles. The van der Waals surface area contributed by atoms with Crippen molar-refractivity contribution in [2.45, 2.75) is 46.3 Å². The van der Waals surface area contributed by atoms with Gasteiger partial charge in [-0.05, 0) is 39.7 Å². The van der Waals surface area contributed by atoms with Crippen LogP contribution < -0.4 is 11.1 Å². The molecule has 0 bridgehead atoms. The van der Waals surface area contributed by atoms with Gasteiger partial charge < -0.3 is 25.4 Å². The Morgan fingerprint density at radius 1 is 1.34 bits per heavy atom. The van der Waals surface area contributed by atoms with E-state index in [1.807, 2.05) is 27.7 Å². The van der Waals surface area contributed by atoms with Crippen molar-refractivity contribution in [3.05, 3.63) is 29.6 Å². The molecule has 0 spiro atoms. The van der Waals surface area contributed by atoms with Gasteiger partial charge in [0.15, 0.2) is 0 Å². The van der Waals surface area contributed by atoms with Crippen molar-refractivity contribution in [3.8, 4) is 0 Å². The fourth-order valence-electron chi connectivity index (χ4n) is 3.18. The van der Waals surface area contributed by atoms with Gasteiger partial charge >= 0.3 is 5.97 Å². The van der Waals surface area contributed by atoms with Crippen molar-refractivity contribution < 1.29 is 23.9 Å². The first-order valence-corrected chi connectivity index (χ1v) is 10.5. The normalized spacial score (nSPS) is 18.1. The molecule has 1 fully saturated rings. The molecule has 3 N–H and O–H groups in total. The van der Waals surface area contributed by atoms with Gasteiger partial charge in [0.05, 0.1) is 40.7 Å². The van der Waals surface area contributed by atoms with E-state index in [-0.39, 0.29) is 29.7 Å². The van der Waals surface area contributed by atoms with E-state index in [1.54, 1.807) is 31.2 Å². The van der Waals surface area contributed by atoms with Crippen molar-refractivity contribution in [3.63, 3.8) is 0 Å². The molecule has 10 heteroatoms. The van der Waals surface area contributed by atoms with Crippen LogP contribution in [0, 0.1) is 5.92 Å². The number of nitrogens with zero attached hydrogens (tertiary/aromatic N) is 3. The lowest BCUT2D eigenvalue weighted by Crippen LogP contribution is -2.29. The predicted molar refractivity (Wildman–Crippen MR) is 121 cm³/mol. The summed E-state index contributed by atoms with van der Waals surface area (Å²) in [7, 11) is 1.71. The number of anilines is 1. The molecule has 2 amide bonds. The summed E-state index contributed by atoms with van der Waals surface area (Å²) in [5, 5.41) is 7.47. The highest BCUT2D eigenvalue weighted by atomic mass is 16.5. The lowest BCUT2D eigenvalue weighted by Gasteiger charge is -2.20. The van der Waals surface area contributed by atoms with Crippen molar-refractivity contribution in [2.75, 3.05) is 32.1 Å². The zero-order chi connectivity index (χ0) is 24.1. The SMILES string of the molecule is CCOC(=O)c1cc2c(NC3CN(C=O)CC3C)c(C(N)=O)cnn2c1.COC(C)(C)C. The zero-order valence-electron chi connectivity index (χ0n) is 19.5. The van der Waals surface area contributed by atoms with Crippen LogP contribution in [0.25, 0.3) is 5.52 Å². The number of fused-ring (bicyclic) bond motifs is 1. The maximum absolute atomic E-state index is 12.0. The second-order valence-corrected chi connectivity index (χ2v) is 8.68. The van der Waals surface area contributed by atoms with Crippen LogP contribution in [0.1, 0.15) is 55.3 Å². The third-order valence-corrected chi connectivity index (χ3v) is 5.15. The van der Waals surface area contributed by atoms with Gasteiger partial charge in [0.1, 0.15) is 0 Å². The monoisotopic (exact) mass is 447 g/mol. The number of nitrogens with one attached hydrogen (secondary N) is 1. The second kappa shape index (κ2) is 10.4. The molecule has 0 radical (unpaired) electrons. The lowest BCUT2D eigenvalue weighted by molar-refractivity contribution is -0.117. The van der Waals surface area contributed by atoms with Crippen molar-refractivity contribution in [1.29, 1.82) is 0 Å². The van der Waals surface area contributed by atoms with E-state index < -0.39 is 11.9 Å². The fraction of sp³-hybridized carbons (Fsp3) is 0.545. The highest BCUT2D eigenvalue weighted by molar-refractivity contribution is 6.03. The molecule has 2 atom stereocenters. The van der Waals surface area contributed by atoms with Gasteiger partial charge in [0, 0.05) is 32.4 Å². The Kier molecular flexibility index (Phi) is 8.20. The van der Waals surface area contributed by atoms with Crippen molar-refractivity contribution >= 4 is 29.5 Å². The number of aromatic nitrogens is 2. The third-order valence-electron chi connectivity index (χ3n) is 5.15. The van der Waals surface area contributed by atoms with E-state index in [9.17, 15) is 14.4 Å². The smallest absolute Gasteiger partial charge is 0.339 e. The first-order valence-electron chi connectivity index (χ1n) is 10.5. The maximum atomic E-state index is 12.0. The molecule has 10 nitrogen and oxygen atoms in total. The van der Waals surface area contributed by atoms with Crippen molar-refractivity contribution in [1.82, 2.24) is 14.5 Å². The van der Waals surface area contributed by atoms with Gasteiger partial charge in [0.2, 0.25) is 6.41 Å². The average molecular weight is 448 g/mol. The number of amides is 2. The van der Waals surface area contributed by atoms with Gasteiger partial charge in [-0.1, -0.05) is 6.92 Å². The minimum Gasteiger partial charge on any atom is -0.462 e. The average Bonchev–Trinajstić information content (AvgIpc) is 3.32. The molecule has 1 aliphatic rings. The van der Waals surface area contributed by atoms with E-state index in [0.29, 0.717) is 29.9 Å². The topological polar surface area (TPSA) is 128 Å². The van der Waals surface area contributed by atoms with E-state index >= 15 is 0 Å². The largest absolute Gasteiger partial charge is 0.462 e. The molecule has 2 aromatic rings. The van der Waals surface area contributed by atoms with Gasteiger partial charge in [-0.3, -0.25) is 9.59 Å². The van der Waals surface area contributed by atoms with Crippen LogP contribution in [0.15, 0.2) is 18.5 Å². The number of esters is 1. The summed E-state index contributed by atoms with van der Waals surface area (Å²) in [5.74, 6) is -0.904. The quantitative estimate of drug-likeness (QED) is 0.511. The molecular weight excluding hydrogens is 414 g/mol. The second-order valence-electron chi connectivity index (χ2n) is 8.68. The fourth-order valence-corrected chi connectivity index (χ4v) is 3.18. The molecular formula is C22H33N5O5. The van der Waals surface area contributed by atoms with E-state index in [2.05, 4.69) is 10.4 Å². The molecule has 176 valence electrons. The van der Waals surface area contributed by atoms with Gasteiger partial charge in [-0.15, -0.1) is 0 Å².